The number of rotatable bonds is 0. The number of Topliss-reactive ketones (excluding diaryl/α,β-unsaturated/α-hetero) is 1. The summed E-state index contributed by atoms with van der Waals surface area (Å²) in [7, 11) is 0. The van der Waals surface area contributed by atoms with Crippen LogP contribution in [-0.4, -0.2) is 46.8 Å². The van der Waals surface area contributed by atoms with Gasteiger partial charge in [0.2, 0.25) is 0 Å². The smallest absolute Gasteiger partial charge is 0.174 e. The van der Waals surface area contributed by atoms with Gasteiger partial charge in [-0.2, -0.15) is 0 Å². The number of hydrogen-bond acceptors (Lipinski definition) is 5. The van der Waals surface area contributed by atoms with Crippen molar-refractivity contribution in [2.45, 2.75) is 48.8 Å². The second kappa shape index (κ2) is 3.34. The molecule has 22 heavy (non-hydrogen) atoms. The molecule has 4 bridgehead atoms. The van der Waals surface area contributed by atoms with E-state index < -0.39 is 6.10 Å². The molecular formula is C17H17NO4. The number of phenolic OH excluding ortho intramolecular Hbond substituents is 1. The first-order valence-electron chi connectivity index (χ1n) is 8.10. The van der Waals surface area contributed by atoms with Crippen LogP contribution in [0.3, 0.4) is 0 Å². The summed E-state index contributed by atoms with van der Waals surface area (Å²) in [4.78, 5) is 15.0. The Morgan fingerprint density at radius 1 is 1.32 bits per heavy atom. The van der Waals surface area contributed by atoms with Crippen LogP contribution in [0.4, 0.5) is 0 Å². The van der Waals surface area contributed by atoms with Crippen molar-refractivity contribution in [2.75, 3.05) is 13.3 Å². The van der Waals surface area contributed by atoms with Gasteiger partial charge in [-0.25, -0.2) is 0 Å². The summed E-state index contributed by atoms with van der Waals surface area (Å²) < 4.78 is 12.5. The fourth-order valence-electron chi connectivity index (χ4n) is 6.03. The highest BCUT2D eigenvalue weighted by atomic mass is 16.5. The molecule has 114 valence electrons. The highest BCUT2D eigenvalue weighted by molar-refractivity contribution is 5.90. The standard InChI is InChI=1S/C17H17NO4/c19-10-2-1-9-7-12-17-4-3-11(20)15-16(17,13(9)14(10)22-15)5-6-18(12)8-21-17/h1-2,12,15,19H,3-8H2. The molecule has 2 saturated heterocycles. The number of benzene rings is 1. The lowest BCUT2D eigenvalue weighted by molar-refractivity contribution is -0.159. The third-order valence-corrected chi connectivity index (χ3v) is 6.82. The van der Waals surface area contributed by atoms with Crippen molar-refractivity contribution in [3.63, 3.8) is 0 Å². The average Bonchev–Trinajstić information content (AvgIpc) is 2.97. The van der Waals surface area contributed by atoms with E-state index in [4.69, 9.17) is 9.47 Å². The number of ether oxygens (including phenoxy) is 2. The Morgan fingerprint density at radius 3 is 3.14 bits per heavy atom. The molecule has 5 atom stereocenters. The maximum Gasteiger partial charge on any atom is 0.174 e. The zero-order valence-electron chi connectivity index (χ0n) is 12.2. The van der Waals surface area contributed by atoms with E-state index in [1.807, 2.05) is 6.07 Å². The summed E-state index contributed by atoms with van der Waals surface area (Å²) >= 11 is 0. The molecule has 5 nitrogen and oxygen atoms in total. The zero-order valence-corrected chi connectivity index (χ0v) is 12.2. The number of piperidine rings is 1. The molecule has 0 radical (unpaired) electrons. The number of carbonyl (C=O) groups is 1. The van der Waals surface area contributed by atoms with Crippen LogP contribution in [0.15, 0.2) is 12.1 Å². The van der Waals surface area contributed by atoms with Gasteiger partial charge in [-0.05, 0) is 30.9 Å². The Hall–Kier alpha value is -1.59. The molecule has 6 rings (SSSR count). The molecule has 3 aliphatic heterocycles. The minimum Gasteiger partial charge on any atom is -0.504 e. The molecule has 0 aromatic heterocycles. The van der Waals surface area contributed by atoms with E-state index in [2.05, 4.69) is 4.90 Å². The lowest BCUT2D eigenvalue weighted by Crippen LogP contribution is -2.73. The lowest BCUT2D eigenvalue weighted by Gasteiger charge is -2.59. The van der Waals surface area contributed by atoms with Crippen LogP contribution >= 0.6 is 0 Å². The number of carbonyl (C=O) groups excluding carboxylic acids is 1. The van der Waals surface area contributed by atoms with E-state index in [0.717, 1.165) is 31.4 Å². The molecule has 1 N–H and O–H groups in total. The van der Waals surface area contributed by atoms with Gasteiger partial charge < -0.3 is 14.6 Å². The van der Waals surface area contributed by atoms with Gasteiger partial charge >= 0.3 is 0 Å². The second-order valence-electron chi connectivity index (χ2n) is 7.33. The predicted octanol–water partition coefficient (Wildman–Crippen LogP) is 1.11. The molecule has 1 aromatic rings. The Balaban J connectivity index is 1.75. The van der Waals surface area contributed by atoms with Crippen LogP contribution in [0.2, 0.25) is 0 Å². The molecule has 3 fully saturated rings. The average molecular weight is 299 g/mol. The van der Waals surface area contributed by atoms with E-state index in [9.17, 15) is 9.90 Å². The van der Waals surface area contributed by atoms with Crippen molar-refractivity contribution in [1.29, 1.82) is 0 Å². The van der Waals surface area contributed by atoms with E-state index in [1.165, 1.54) is 5.56 Å². The number of phenols is 1. The Labute approximate surface area is 127 Å². The van der Waals surface area contributed by atoms with Crippen molar-refractivity contribution in [1.82, 2.24) is 4.90 Å². The first-order valence-corrected chi connectivity index (χ1v) is 8.10. The summed E-state index contributed by atoms with van der Waals surface area (Å²) in [5, 5.41) is 10.3. The minimum absolute atomic E-state index is 0.157. The molecular weight excluding hydrogens is 282 g/mol. The van der Waals surface area contributed by atoms with Gasteiger partial charge in [0.15, 0.2) is 23.4 Å². The third-order valence-electron chi connectivity index (χ3n) is 6.82. The van der Waals surface area contributed by atoms with E-state index in [1.54, 1.807) is 6.07 Å². The van der Waals surface area contributed by atoms with Gasteiger partial charge in [-0.15, -0.1) is 0 Å². The summed E-state index contributed by atoms with van der Waals surface area (Å²) in [5.41, 5.74) is 1.60. The quantitative estimate of drug-likeness (QED) is 0.778. The maximum absolute atomic E-state index is 12.6. The van der Waals surface area contributed by atoms with E-state index >= 15 is 0 Å². The molecule has 5 unspecified atom stereocenters. The highest BCUT2D eigenvalue weighted by Gasteiger charge is 2.76. The van der Waals surface area contributed by atoms with Crippen LogP contribution in [0.1, 0.15) is 30.4 Å². The number of ketones is 1. The van der Waals surface area contributed by atoms with Crippen molar-refractivity contribution in [3.05, 3.63) is 23.3 Å². The zero-order chi connectivity index (χ0) is 14.7. The van der Waals surface area contributed by atoms with E-state index in [-0.39, 0.29) is 22.5 Å². The van der Waals surface area contributed by atoms with Gasteiger partial charge in [0.25, 0.3) is 0 Å². The first kappa shape index (κ1) is 11.9. The van der Waals surface area contributed by atoms with Crippen molar-refractivity contribution >= 4 is 5.78 Å². The lowest BCUT2D eigenvalue weighted by atomic mass is 9.49. The SMILES string of the molecule is O=C1CCC23OCN4CCC25c2c(ccc(O)c2OC15)CC43. The monoisotopic (exact) mass is 299 g/mol. The topological polar surface area (TPSA) is 59.0 Å². The van der Waals surface area contributed by atoms with Gasteiger partial charge in [0.05, 0.1) is 5.41 Å². The Bertz CT molecular complexity index is 746. The van der Waals surface area contributed by atoms with Crippen LogP contribution in [0, 0.1) is 0 Å². The van der Waals surface area contributed by atoms with Crippen LogP contribution in [-0.2, 0) is 21.4 Å². The van der Waals surface area contributed by atoms with Crippen molar-refractivity contribution in [3.8, 4) is 11.5 Å². The van der Waals surface area contributed by atoms with E-state index in [0.29, 0.717) is 24.9 Å². The molecule has 2 spiro atoms. The number of nitrogens with zero attached hydrogens (tertiary/aromatic N) is 1. The Kier molecular flexibility index (Phi) is 1.81. The molecule has 1 aromatic carbocycles. The fourth-order valence-corrected chi connectivity index (χ4v) is 6.03. The molecule has 2 aliphatic carbocycles. The van der Waals surface area contributed by atoms with Gasteiger partial charge in [0.1, 0.15) is 12.3 Å². The van der Waals surface area contributed by atoms with Crippen LogP contribution in [0.5, 0.6) is 11.5 Å². The number of aromatic hydroxyl groups is 1. The minimum atomic E-state index is -0.480. The summed E-state index contributed by atoms with van der Waals surface area (Å²) in [6, 6.07) is 4.05. The summed E-state index contributed by atoms with van der Waals surface area (Å²) in [6.07, 6.45) is 2.62. The normalized spacial score (nSPS) is 46.4. The highest BCUT2D eigenvalue weighted by Crippen LogP contribution is 2.67. The van der Waals surface area contributed by atoms with Gasteiger partial charge in [-0.3, -0.25) is 9.69 Å². The fraction of sp³-hybridized carbons (Fsp3) is 0.588. The molecule has 5 heteroatoms. The first-order chi connectivity index (χ1) is 10.7. The molecule has 5 aliphatic rings. The number of hydrogen-bond donors (Lipinski definition) is 1. The van der Waals surface area contributed by atoms with Gasteiger partial charge in [0, 0.05) is 24.6 Å². The summed E-state index contributed by atoms with van der Waals surface area (Å²) in [6.45, 7) is 1.59. The molecule has 0 amide bonds. The maximum atomic E-state index is 12.6. The molecule has 3 heterocycles. The van der Waals surface area contributed by atoms with Crippen LogP contribution < -0.4 is 4.74 Å². The summed E-state index contributed by atoms with van der Waals surface area (Å²) in [5.74, 6) is 0.862. The second-order valence-corrected chi connectivity index (χ2v) is 7.33. The largest absolute Gasteiger partial charge is 0.504 e. The van der Waals surface area contributed by atoms with Crippen LogP contribution in [0.25, 0.3) is 0 Å². The Morgan fingerprint density at radius 2 is 2.23 bits per heavy atom. The van der Waals surface area contributed by atoms with Crippen molar-refractivity contribution in [2.24, 2.45) is 0 Å². The van der Waals surface area contributed by atoms with Gasteiger partial charge in [-0.1, -0.05) is 6.07 Å². The predicted molar refractivity (Wildman–Crippen MR) is 75.9 cm³/mol. The van der Waals surface area contributed by atoms with Crippen molar-refractivity contribution < 1.29 is 19.4 Å². The molecule has 1 saturated carbocycles. The third kappa shape index (κ3) is 0.956.